The normalized spacial score (nSPS) is 18.0. The zero-order chi connectivity index (χ0) is 22.4. The quantitative estimate of drug-likeness (QED) is 0.290. The summed E-state index contributed by atoms with van der Waals surface area (Å²) in [6, 6.07) is 31.8. The fourth-order valence-corrected chi connectivity index (χ4v) is 5.34. The maximum absolute atomic E-state index is 5.97. The molecule has 6 rings (SSSR count). The van der Waals surface area contributed by atoms with Crippen molar-refractivity contribution in [3.05, 3.63) is 114 Å². The molecule has 1 aliphatic rings. The Morgan fingerprint density at radius 3 is 2.45 bits per heavy atom. The van der Waals surface area contributed by atoms with Gasteiger partial charge in [0.15, 0.2) is 11.3 Å². The van der Waals surface area contributed by atoms with Crippen LogP contribution in [0.3, 0.4) is 0 Å². The third-order valence-corrected chi connectivity index (χ3v) is 6.84. The highest BCUT2D eigenvalue weighted by Crippen LogP contribution is 2.45. The molecule has 0 saturated carbocycles. The van der Waals surface area contributed by atoms with Gasteiger partial charge in [-0.25, -0.2) is 4.98 Å². The zero-order valence-electron chi connectivity index (χ0n) is 18.8. The largest absolute Gasteiger partial charge is 0.437 e. The Kier molecular flexibility index (Phi) is 4.51. The Morgan fingerprint density at radius 2 is 1.61 bits per heavy atom. The summed E-state index contributed by atoms with van der Waals surface area (Å²) in [5.41, 5.74) is 6.68. The van der Waals surface area contributed by atoms with Crippen molar-refractivity contribution in [2.75, 3.05) is 7.05 Å². The van der Waals surface area contributed by atoms with Crippen LogP contribution >= 0.6 is 0 Å². The molecular formula is C30H25N2O+. The Balaban J connectivity index is 1.52. The first-order chi connectivity index (χ1) is 16.1. The lowest BCUT2D eigenvalue weighted by molar-refractivity contribution is -0.401. The van der Waals surface area contributed by atoms with E-state index in [1.54, 1.807) is 0 Å². The van der Waals surface area contributed by atoms with Crippen LogP contribution in [0.2, 0.25) is 0 Å². The van der Waals surface area contributed by atoms with Crippen LogP contribution in [0.4, 0.5) is 5.69 Å². The second-order valence-corrected chi connectivity index (χ2v) is 8.97. The lowest BCUT2D eigenvalue weighted by Crippen LogP contribution is -2.33. The van der Waals surface area contributed by atoms with Crippen molar-refractivity contribution >= 4 is 39.3 Å². The SMILES string of the molecule is C[N+]1=C(/C=C/c2nc3ccccc3o2)C(C)(Cc2ccccc2)c2c1ccc1ccccc21. The molecule has 2 heterocycles. The minimum absolute atomic E-state index is 0.200. The molecular weight excluding hydrogens is 404 g/mol. The molecule has 0 amide bonds. The number of benzene rings is 4. The van der Waals surface area contributed by atoms with Crippen LogP contribution in [0, 0.1) is 0 Å². The average Bonchev–Trinajstić information content (AvgIpc) is 3.35. The number of aromatic nitrogens is 1. The molecule has 1 aliphatic heterocycles. The van der Waals surface area contributed by atoms with E-state index in [0.29, 0.717) is 5.89 Å². The van der Waals surface area contributed by atoms with Crippen LogP contribution in [0.15, 0.2) is 101 Å². The number of rotatable bonds is 4. The predicted octanol–water partition coefficient (Wildman–Crippen LogP) is 6.92. The van der Waals surface area contributed by atoms with Gasteiger partial charge in [-0.2, -0.15) is 4.58 Å². The summed E-state index contributed by atoms with van der Waals surface area (Å²) >= 11 is 0. The van der Waals surface area contributed by atoms with Gasteiger partial charge in [-0.15, -0.1) is 0 Å². The molecule has 0 saturated heterocycles. The van der Waals surface area contributed by atoms with E-state index in [0.717, 1.165) is 17.5 Å². The fourth-order valence-electron chi connectivity index (χ4n) is 5.34. The van der Waals surface area contributed by atoms with E-state index in [4.69, 9.17) is 4.42 Å². The van der Waals surface area contributed by atoms with Crippen molar-refractivity contribution in [1.29, 1.82) is 0 Å². The van der Waals surface area contributed by atoms with Gasteiger partial charge in [0.2, 0.25) is 11.6 Å². The molecule has 1 unspecified atom stereocenters. The predicted molar refractivity (Wildman–Crippen MR) is 135 cm³/mol. The summed E-state index contributed by atoms with van der Waals surface area (Å²) in [7, 11) is 2.16. The Labute approximate surface area is 193 Å². The first-order valence-corrected chi connectivity index (χ1v) is 11.3. The van der Waals surface area contributed by atoms with Gasteiger partial charge >= 0.3 is 0 Å². The van der Waals surface area contributed by atoms with E-state index in [1.807, 2.05) is 30.3 Å². The molecule has 5 aromatic rings. The number of allylic oxidation sites excluding steroid dienone is 1. The molecule has 0 spiro atoms. The van der Waals surface area contributed by atoms with E-state index in [2.05, 4.69) is 96.3 Å². The van der Waals surface area contributed by atoms with Crippen molar-refractivity contribution in [2.24, 2.45) is 0 Å². The maximum atomic E-state index is 5.97. The van der Waals surface area contributed by atoms with Gasteiger partial charge in [0.1, 0.15) is 12.6 Å². The molecule has 0 fully saturated rings. The summed E-state index contributed by atoms with van der Waals surface area (Å²) < 4.78 is 8.29. The lowest BCUT2D eigenvalue weighted by Gasteiger charge is -2.24. The van der Waals surface area contributed by atoms with Crippen LogP contribution in [0.5, 0.6) is 0 Å². The number of para-hydroxylation sites is 2. The topological polar surface area (TPSA) is 29.0 Å². The second kappa shape index (κ2) is 7.56. The lowest BCUT2D eigenvalue weighted by atomic mass is 9.73. The number of hydrogen-bond donors (Lipinski definition) is 0. The molecule has 160 valence electrons. The molecule has 1 aromatic heterocycles. The number of hydrogen-bond acceptors (Lipinski definition) is 2. The summed E-state index contributed by atoms with van der Waals surface area (Å²) in [5, 5.41) is 2.58. The number of fused-ring (bicyclic) bond motifs is 4. The molecule has 3 heteroatoms. The summed E-state index contributed by atoms with van der Waals surface area (Å²) in [6.45, 7) is 2.36. The second-order valence-electron chi connectivity index (χ2n) is 8.97. The van der Waals surface area contributed by atoms with Crippen LogP contribution in [-0.4, -0.2) is 22.3 Å². The van der Waals surface area contributed by atoms with Crippen molar-refractivity contribution in [2.45, 2.75) is 18.8 Å². The smallest absolute Gasteiger partial charge is 0.220 e. The van der Waals surface area contributed by atoms with Crippen LogP contribution in [0.1, 0.15) is 23.9 Å². The first kappa shape index (κ1) is 19.7. The molecule has 3 nitrogen and oxygen atoms in total. The van der Waals surface area contributed by atoms with Crippen molar-refractivity contribution in [3.8, 4) is 0 Å². The van der Waals surface area contributed by atoms with Crippen molar-refractivity contribution in [3.63, 3.8) is 0 Å². The molecule has 0 N–H and O–H groups in total. The summed E-state index contributed by atoms with van der Waals surface area (Å²) in [5.74, 6) is 0.625. The Morgan fingerprint density at radius 1 is 0.848 bits per heavy atom. The standard InChI is InChI=1S/C30H25N2O/c1-30(20-21-10-4-3-5-11-21)27(18-19-28-31-24-14-8-9-15-26(24)33-28)32(2)25-17-16-22-12-6-7-13-23(22)29(25)30/h3-19H,20H2,1-2H3/q+1/b19-18+. The zero-order valence-corrected chi connectivity index (χ0v) is 18.8. The van der Waals surface area contributed by atoms with Crippen LogP contribution in [0.25, 0.3) is 27.9 Å². The summed E-state index contributed by atoms with van der Waals surface area (Å²) in [6.07, 6.45) is 5.10. The van der Waals surface area contributed by atoms with Crippen molar-refractivity contribution < 1.29 is 8.99 Å². The van der Waals surface area contributed by atoms with E-state index < -0.39 is 0 Å². The average molecular weight is 430 g/mol. The van der Waals surface area contributed by atoms with E-state index in [9.17, 15) is 0 Å². The van der Waals surface area contributed by atoms with Crippen LogP contribution in [-0.2, 0) is 11.8 Å². The van der Waals surface area contributed by atoms with Gasteiger partial charge in [0.25, 0.3) is 0 Å². The fraction of sp³-hybridized carbons (Fsp3) is 0.133. The van der Waals surface area contributed by atoms with Gasteiger partial charge in [-0.3, -0.25) is 0 Å². The molecule has 4 aromatic carbocycles. The molecule has 1 atom stereocenters. The van der Waals surface area contributed by atoms with E-state index in [-0.39, 0.29) is 5.41 Å². The van der Waals surface area contributed by atoms with Gasteiger partial charge in [0.05, 0.1) is 5.41 Å². The Hall–Kier alpha value is -3.98. The molecule has 0 aliphatic carbocycles. The highest BCUT2D eigenvalue weighted by atomic mass is 16.3. The monoisotopic (exact) mass is 429 g/mol. The number of nitrogens with zero attached hydrogens (tertiary/aromatic N) is 2. The molecule has 33 heavy (non-hydrogen) atoms. The highest BCUT2D eigenvalue weighted by Gasteiger charge is 2.47. The maximum Gasteiger partial charge on any atom is 0.220 e. The minimum atomic E-state index is -0.200. The third-order valence-electron chi connectivity index (χ3n) is 6.84. The minimum Gasteiger partial charge on any atom is -0.437 e. The van der Waals surface area contributed by atoms with Gasteiger partial charge in [-0.1, -0.05) is 66.7 Å². The first-order valence-electron chi connectivity index (χ1n) is 11.3. The van der Waals surface area contributed by atoms with Crippen LogP contribution < -0.4 is 0 Å². The van der Waals surface area contributed by atoms with Crippen molar-refractivity contribution in [1.82, 2.24) is 4.98 Å². The Bertz CT molecular complexity index is 1530. The summed E-state index contributed by atoms with van der Waals surface area (Å²) in [4.78, 5) is 4.64. The van der Waals surface area contributed by atoms with Gasteiger partial charge in [-0.05, 0) is 47.9 Å². The molecule has 0 radical (unpaired) electrons. The van der Waals surface area contributed by atoms with Gasteiger partial charge < -0.3 is 4.42 Å². The third kappa shape index (κ3) is 3.20. The number of oxazole rings is 1. The van der Waals surface area contributed by atoms with E-state index >= 15 is 0 Å². The van der Waals surface area contributed by atoms with Gasteiger partial charge in [0, 0.05) is 23.8 Å². The highest BCUT2D eigenvalue weighted by molar-refractivity contribution is 6.09. The van der Waals surface area contributed by atoms with E-state index in [1.165, 1.54) is 33.3 Å². The molecule has 0 bridgehead atoms.